The number of rotatable bonds is 3. The van der Waals surface area contributed by atoms with Crippen molar-refractivity contribution >= 4 is 5.82 Å². The van der Waals surface area contributed by atoms with E-state index in [0.717, 1.165) is 0 Å². The number of terminal acetylenes is 1. The Morgan fingerprint density at radius 2 is 2.29 bits per heavy atom. The molecule has 5 nitrogen and oxygen atoms in total. The molecule has 0 aliphatic rings. The second kappa shape index (κ2) is 3.94. The van der Waals surface area contributed by atoms with Gasteiger partial charge in [-0.1, -0.05) is 5.92 Å². The van der Waals surface area contributed by atoms with Crippen LogP contribution in [0.15, 0.2) is 12.4 Å². The lowest BCUT2D eigenvalue weighted by atomic mass is 10.1. The van der Waals surface area contributed by atoms with Crippen molar-refractivity contribution in [3.63, 3.8) is 0 Å². The zero-order valence-corrected chi connectivity index (χ0v) is 8.11. The molecule has 0 atom stereocenters. The molecule has 0 saturated carbocycles. The van der Waals surface area contributed by atoms with Crippen molar-refractivity contribution in [3.05, 3.63) is 12.4 Å². The van der Waals surface area contributed by atoms with E-state index in [4.69, 9.17) is 17.0 Å². The molecular formula is C9H12N4O. The van der Waals surface area contributed by atoms with Gasteiger partial charge in [0.15, 0.2) is 11.4 Å². The van der Waals surface area contributed by atoms with Crippen LogP contribution >= 0.6 is 0 Å². The first-order valence-electron chi connectivity index (χ1n) is 4.03. The van der Waals surface area contributed by atoms with Gasteiger partial charge in [-0.15, -0.1) is 6.42 Å². The van der Waals surface area contributed by atoms with Crippen LogP contribution < -0.4 is 16.0 Å². The van der Waals surface area contributed by atoms with Gasteiger partial charge in [-0.3, -0.25) is 4.98 Å². The van der Waals surface area contributed by atoms with Gasteiger partial charge in [0.25, 0.3) is 0 Å². The molecule has 0 aliphatic heterocycles. The number of anilines is 1. The topological polar surface area (TPSA) is 73.1 Å². The number of aromatic nitrogens is 2. The van der Waals surface area contributed by atoms with Gasteiger partial charge < -0.3 is 10.2 Å². The van der Waals surface area contributed by atoms with Crippen LogP contribution in [0.2, 0.25) is 0 Å². The van der Waals surface area contributed by atoms with E-state index in [1.165, 1.54) is 12.4 Å². The van der Waals surface area contributed by atoms with Crippen molar-refractivity contribution in [1.29, 1.82) is 0 Å². The fraction of sp³-hybridized carbons (Fsp3) is 0.333. The first kappa shape index (κ1) is 10.3. The Bertz CT molecular complexity index is 356. The highest BCUT2D eigenvalue weighted by molar-refractivity contribution is 5.31. The Balaban J connectivity index is 2.83. The second-order valence-electron chi connectivity index (χ2n) is 3.14. The van der Waals surface area contributed by atoms with E-state index in [9.17, 15) is 0 Å². The molecule has 0 spiro atoms. The van der Waals surface area contributed by atoms with Crippen molar-refractivity contribution in [2.45, 2.75) is 19.4 Å². The average molecular weight is 192 g/mol. The zero-order chi connectivity index (χ0) is 10.6. The van der Waals surface area contributed by atoms with Gasteiger partial charge in [-0.05, 0) is 13.8 Å². The lowest BCUT2D eigenvalue weighted by Crippen LogP contribution is -2.26. The predicted octanol–water partition coefficient (Wildman–Crippen LogP) is 0.553. The first-order chi connectivity index (χ1) is 6.57. The molecule has 0 amide bonds. The third kappa shape index (κ3) is 2.61. The van der Waals surface area contributed by atoms with E-state index in [-0.39, 0.29) is 0 Å². The number of hydrazine groups is 1. The minimum absolute atomic E-state index is 0.336. The molecule has 1 aromatic heterocycles. The number of nitrogen functional groups attached to an aromatic ring is 1. The molecule has 0 radical (unpaired) electrons. The molecule has 0 fully saturated rings. The Morgan fingerprint density at radius 1 is 1.57 bits per heavy atom. The summed E-state index contributed by atoms with van der Waals surface area (Å²) in [6, 6.07) is 0. The number of ether oxygens (including phenoxy) is 1. The third-order valence-electron chi connectivity index (χ3n) is 1.47. The Hall–Kier alpha value is -1.80. The van der Waals surface area contributed by atoms with Gasteiger partial charge in [0.05, 0.1) is 12.4 Å². The molecule has 14 heavy (non-hydrogen) atoms. The zero-order valence-electron chi connectivity index (χ0n) is 8.11. The lowest BCUT2D eigenvalue weighted by molar-refractivity contribution is 0.164. The number of hydrogen-bond acceptors (Lipinski definition) is 5. The summed E-state index contributed by atoms with van der Waals surface area (Å²) in [6.07, 6.45) is 8.22. The van der Waals surface area contributed by atoms with Crippen LogP contribution in [0.4, 0.5) is 5.82 Å². The summed E-state index contributed by atoms with van der Waals surface area (Å²) in [5.41, 5.74) is 1.66. The average Bonchev–Trinajstić information content (AvgIpc) is 2.17. The van der Waals surface area contributed by atoms with Gasteiger partial charge in [0, 0.05) is 0 Å². The molecule has 0 bridgehead atoms. The standard InChI is InChI=1S/C9H12N4O/c1-4-9(2,3)14-8-6-11-5-7(12-8)13-10/h1,5-6H,10H2,2-3H3,(H,12,13). The molecule has 1 aromatic rings. The number of nitrogens with two attached hydrogens (primary N) is 1. The van der Waals surface area contributed by atoms with Crippen molar-refractivity contribution in [2.24, 2.45) is 5.84 Å². The Kier molecular flexibility index (Phi) is 2.89. The summed E-state index contributed by atoms with van der Waals surface area (Å²) in [7, 11) is 0. The normalized spacial score (nSPS) is 10.4. The molecule has 5 heteroatoms. The Morgan fingerprint density at radius 3 is 2.86 bits per heavy atom. The largest absolute Gasteiger partial charge is 0.457 e. The molecule has 1 rings (SSSR count). The van der Waals surface area contributed by atoms with E-state index in [1.54, 1.807) is 13.8 Å². The maximum Gasteiger partial charge on any atom is 0.235 e. The summed E-state index contributed by atoms with van der Waals surface area (Å²) >= 11 is 0. The molecule has 0 aromatic carbocycles. The number of hydrogen-bond donors (Lipinski definition) is 2. The number of nitrogens with zero attached hydrogens (tertiary/aromatic N) is 2. The summed E-state index contributed by atoms with van der Waals surface area (Å²) in [4.78, 5) is 7.88. The summed E-state index contributed by atoms with van der Waals surface area (Å²) in [5, 5.41) is 0. The smallest absolute Gasteiger partial charge is 0.235 e. The van der Waals surface area contributed by atoms with Gasteiger partial charge in [0.2, 0.25) is 5.88 Å². The van der Waals surface area contributed by atoms with Crippen LogP contribution in [-0.2, 0) is 0 Å². The minimum atomic E-state index is -0.706. The second-order valence-corrected chi connectivity index (χ2v) is 3.14. The van der Waals surface area contributed by atoms with E-state index >= 15 is 0 Å². The molecule has 0 saturated heterocycles. The molecular weight excluding hydrogens is 180 g/mol. The fourth-order valence-electron chi connectivity index (χ4n) is 0.758. The molecule has 3 N–H and O–H groups in total. The monoisotopic (exact) mass is 192 g/mol. The van der Waals surface area contributed by atoms with Gasteiger partial charge >= 0.3 is 0 Å². The molecule has 0 aliphatic carbocycles. The fourth-order valence-corrected chi connectivity index (χ4v) is 0.758. The van der Waals surface area contributed by atoms with Crippen molar-refractivity contribution in [1.82, 2.24) is 9.97 Å². The van der Waals surface area contributed by atoms with Crippen LogP contribution in [0, 0.1) is 12.3 Å². The van der Waals surface area contributed by atoms with Crippen molar-refractivity contribution in [3.8, 4) is 18.2 Å². The van der Waals surface area contributed by atoms with Gasteiger partial charge in [0.1, 0.15) is 0 Å². The van der Waals surface area contributed by atoms with Crippen LogP contribution in [0.5, 0.6) is 5.88 Å². The van der Waals surface area contributed by atoms with Crippen molar-refractivity contribution in [2.75, 3.05) is 5.43 Å². The van der Waals surface area contributed by atoms with Crippen LogP contribution in [0.1, 0.15) is 13.8 Å². The highest BCUT2D eigenvalue weighted by atomic mass is 16.5. The summed E-state index contributed by atoms with van der Waals surface area (Å²) < 4.78 is 5.39. The lowest BCUT2D eigenvalue weighted by Gasteiger charge is -2.18. The van der Waals surface area contributed by atoms with E-state index in [0.29, 0.717) is 11.7 Å². The molecule has 74 valence electrons. The Labute approximate surface area is 82.7 Å². The maximum absolute atomic E-state index is 5.39. The van der Waals surface area contributed by atoms with Crippen LogP contribution in [0.25, 0.3) is 0 Å². The van der Waals surface area contributed by atoms with Crippen LogP contribution in [0.3, 0.4) is 0 Å². The molecule has 0 unspecified atom stereocenters. The highest BCUT2D eigenvalue weighted by Gasteiger charge is 2.16. The quantitative estimate of drug-likeness (QED) is 0.415. The highest BCUT2D eigenvalue weighted by Crippen LogP contribution is 2.15. The maximum atomic E-state index is 5.39. The summed E-state index contributed by atoms with van der Waals surface area (Å²) in [5.74, 6) is 8.41. The number of nitrogens with one attached hydrogen (secondary N) is 1. The van der Waals surface area contributed by atoms with E-state index in [2.05, 4.69) is 21.3 Å². The predicted molar refractivity (Wildman–Crippen MR) is 53.4 cm³/mol. The SMILES string of the molecule is C#CC(C)(C)Oc1cncc(NN)n1. The van der Waals surface area contributed by atoms with E-state index in [1.807, 2.05) is 0 Å². The van der Waals surface area contributed by atoms with Crippen molar-refractivity contribution < 1.29 is 4.74 Å². The third-order valence-corrected chi connectivity index (χ3v) is 1.47. The van der Waals surface area contributed by atoms with Gasteiger partial charge in [-0.25, -0.2) is 5.84 Å². The van der Waals surface area contributed by atoms with Gasteiger partial charge in [-0.2, -0.15) is 4.98 Å². The minimum Gasteiger partial charge on any atom is -0.457 e. The summed E-state index contributed by atoms with van der Waals surface area (Å²) in [6.45, 7) is 3.52. The van der Waals surface area contributed by atoms with E-state index < -0.39 is 5.60 Å². The van der Waals surface area contributed by atoms with Crippen LogP contribution in [-0.4, -0.2) is 15.6 Å². The first-order valence-corrected chi connectivity index (χ1v) is 4.03. The molecule has 1 heterocycles.